The number of ether oxygens (including phenoxy) is 1. The summed E-state index contributed by atoms with van der Waals surface area (Å²) < 4.78 is 11.0. The van der Waals surface area contributed by atoms with Crippen LogP contribution in [-0.2, 0) is 11.3 Å². The van der Waals surface area contributed by atoms with Crippen LogP contribution in [0.1, 0.15) is 37.7 Å². The Bertz CT molecular complexity index is 416. The van der Waals surface area contributed by atoms with E-state index in [9.17, 15) is 5.02 Å². The molecule has 0 atom stereocenters. The van der Waals surface area contributed by atoms with Gasteiger partial charge in [0.15, 0.2) is 0 Å². The van der Waals surface area contributed by atoms with Gasteiger partial charge in [-0.3, -0.25) is 0 Å². The molecule has 1 aromatic carbocycles. The van der Waals surface area contributed by atoms with Crippen molar-refractivity contribution in [2.75, 3.05) is 6.61 Å². The standard InChI is InChI=1S/C14H19BO3/c16-15-14-8-13(7-6-12(14)10-18-15)17-9-11-4-2-1-3-5-11/h6-8,11,16H,1-5,9-10H2. The minimum Gasteiger partial charge on any atom is -0.493 e. The van der Waals surface area contributed by atoms with Gasteiger partial charge in [-0.15, -0.1) is 0 Å². The van der Waals surface area contributed by atoms with Gasteiger partial charge >= 0.3 is 7.12 Å². The molecule has 0 bridgehead atoms. The Labute approximate surface area is 108 Å². The molecule has 2 aliphatic rings. The number of hydrogen-bond donors (Lipinski definition) is 1. The van der Waals surface area contributed by atoms with Crippen LogP contribution in [0, 0.1) is 5.92 Å². The van der Waals surface area contributed by atoms with E-state index in [0.717, 1.165) is 23.4 Å². The van der Waals surface area contributed by atoms with Gasteiger partial charge in [0.1, 0.15) is 5.75 Å². The van der Waals surface area contributed by atoms with E-state index in [2.05, 4.69) is 0 Å². The molecular formula is C14H19BO3. The molecule has 1 heterocycles. The van der Waals surface area contributed by atoms with Gasteiger partial charge in [0, 0.05) is 0 Å². The second-order valence-corrected chi connectivity index (χ2v) is 5.34. The number of fused-ring (bicyclic) bond motifs is 1. The Morgan fingerprint density at radius 3 is 2.94 bits per heavy atom. The van der Waals surface area contributed by atoms with Gasteiger partial charge in [-0.25, -0.2) is 0 Å². The van der Waals surface area contributed by atoms with Crippen molar-refractivity contribution >= 4 is 12.6 Å². The highest BCUT2D eigenvalue weighted by Crippen LogP contribution is 2.25. The molecule has 0 saturated heterocycles. The zero-order valence-electron chi connectivity index (χ0n) is 10.6. The van der Waals surface area contributed by atoms with Crippen molar-refractivity contribution in [3.05, 3.63) is 23.8 Å². The summed E-state index contributed by atoms with van der Waals surface area (Å²) in [5.74, 6) is 1.55. The molecule has 0 radical (unpaired) electrons. The maximum atomic E-state index is 9.64. The maximum Gasteiger partial charge on any atom is 0.491 e. The number of hydrogen-bond acceptors (Lipinski definition) is 3. The van der Waals surface area contributed by atoms with Crippen LogP contribution in [-0.4, -0.2) is 18.7 Å². The molecule has 18 heavy (non-hydrogen) atoms. The molecule has 0 spiro atoms. The average molecular weight is 246 g/mol. The smallest absolute Gasteiger partial charge is 0.491 e. The Kier molecular flexibility index (Phi) is 3.57. The van der Waals surface area contributed by atoms with E-state index in [1.165, 1.54) is 32.1 Å². The number of rotatable bonds is 3. The Hall–Kier alpha value is -0.995. The van der Waals surface area contributed by atoms with Crippen molar-refractivity contribution in [1.82, 2.24) is 0 Å². The highest BCUT2D eigenvalue weighted by molar-refractivity contribution is 6.61. The van der Waals surface area contributed by atoms with E-state index in [-0.39, 0.29) is 0 Å². The second-order valence-electron chi connectivity index (χ2n) is 5.34. The zero-order valence-corrected chi connectivity index (χ0v) is 10.6. The van der Waals surface area contributed by atoms with Crippen LogP contribution < -0.4 is 10.2 Å². The predicted octanol–water partition coefficient (Wildman–Crippen LogP) is 1.86. The van der Waals surface area contributed by atoms with Crippen LogP contribution in [0.5, 0.6) is 5.75 Å². The SMILES string of the molecule is OB1OCc2ccc(OCC3CCCCC3)cc21. The van der Waals surface area contributed by atoms with Crippen LogP contribution >= 0.6 is 0 Å². The summed E-state index contributed by atoms with van der Waals surface area (Å²) >= 11 is 0. The summed E-state index contributed by atoms with van der Waals surface area (Å²) in [5.41, 5.74) is 1.92. The monoisotopic (exact) mass is 246 g/mol. The zero-order chi connectivity index (χ0) is 12.4. The molecule has 1 aliphatic heterocycles. The minimum absolute atomic E-state index is 0.499. The summed E-state index contributed by atoms with van der Waals surface area (Å²) in [5, 5.41) is 9.64. The van der Waals surface area contributed by atoms with Gasteiger partial charge in [-0.1, -0.05) is 25.3 Å². The summed E-state index contributed by atoms with van der Waals surface area (Å²) in [4.78, 5) is 0. The van der Waals surface area contributed by atoms with E-state index in [0.29, 0.717) is 12.5 Å². The molecule has 1 aliphatic carbocycles. The maximum absolute atomic E-state index is 9.64. The molecule has 1 saturated carbocycles. The van der Waals surface area contributed by atoms with Gasteiger partial charge in [0.05, 0.1) is 13.2 Å². The molecule has 3 rings (SSSR count). The summed E-state index contributed by atoms with van der Waals surface area (Å²) in [6, 6.07) is 5.88. The summed E-state index contributed by atoms with van der Waals surface area (Å²) in [7, 11) is -0.779. The predicted molar refractivity (Wildman–Crippen MR) is 70.9 cm³/mol. The Morgan fingerprint density at radius 1 is 1.28 bits per heavy atom. The lowest BCUT2D eigenvalue weighted by Crippen LogP contribution is -2.28. The molecule has 1 fully saturated rings. The van der Waals surface area contributed by atoms with Crippen LogP contribution in [0.3, 0.4) is 0 Å². The van der Waals surface area contributed by atoms with Gasteiger partial charge in [-0.2, -0.15) is 0 Å². The highest BCUT2D eigenvalue weighted by Gasteiger charge is 2.27. The third-order valence-electron chi connectivity index (χ3n) is 3.99. The van der Waals surface area contributed by atoms with Gasteiger partial charge in [0.2, 0.25) is 0 Å². The van der Waals surface area contributed by atoms with Crippen molar-refractivity contribution in [2.24, 2.45) is 5.92 Å². The fourth-order valence-corrected chi connectivity index (χ4v) is 2.85. The topological polar surface area (TPSA) is 38.7 Å². The van der Waals surface area contributed by atoms with Gasteiger partial charge in [-0.05, 0) is 41.9 Å². The van der Waals surface area contributed by atoms with Crippen molar-refractivity contribution < 1.29 is 14.4 Å². The molecule has 0 amide bonds. The Balaban J connectivity index is 1.61. The lowest BCUT2D eigenvalue weighted by molar-refractivity contribution is 0.209. The lowest BCUT2D eigenvalue weighted by atomic mass is 9.79. The van der Waals surface area contributed by atoms with Crippen LogP contribution in [0.15, 0.2) is 18.2 Å². The molecule has 0 unspecified atom stereocenters. The molecule has 96 valence electrons. The number of benzene rings is 1. The van der Waals surface area contributed by atoms with Crippen LogP contribution in [0.25, 0.3) is 0 Å². The van der Waals surface area contributed by atoms with E-state index in [1.54, 1.807) is 0 Å². The van der Waals surface area contributed by atoms with Gasteiger partial charge in [0.25, 0.3) is 0 Å². The first kappa shape index (κ1) is 12.1. The quantitative estimate of drug-likeness (QED) is 0.827. The first-order chi connectivity index (χ1) is 8.83. The average Bonchev–Trinajstić information content (AvgIpc) is 2.79. The van der Waals surface area contributed by atoms with E-state index >= 15 is 0 Å². The third-order valence-corrected chi connectivity index (χ3v) is 3.99. The molecule has 0 aromatic heterocycles. The first-order valence-corrected chi connectivity index (χ1v) is 6.88. The van der Waals surface area contributed by atoms with Gasteiger partial charge < -0.3 is 14.4 Å². The van der Waals surface area contributed by atoms with Crippen molar-refractivity contribution in [3.8, 4) is 5.75 Å². The molecule has 3 nitrogen and oxygen atoms in total. The molecule has 1 aromatic rings. The van der Waals surface area contributed by atoms with Crippen molar-refractivity contribution in [3.63, 3.8) is 0 Å². The third kappa shape index (κ3) is 2.55. The highest BCUT2D eigenvalue weighted by atomic mass is 16.5. The Morgan fingerprint density at radius 2 is 2.11 bits per heavy atom. The summed E-state index contributed by atoms with van der Waals surface area (Å²) in [6.45, 7) is 1.30. The van der Waals surface area contributed by atoms with E-state index in [4.69, 9.17) is 9.39 Å². The van der Waals surface area contributed by atoms with Crippen LogP contribution in [0.4, 0.5) is 0 Å². The fourth-order valence-electron chi connectivity index (χ4n) is 2.85. The molecule has 1 N–H and O–H groups in total. The second kappa shape index (κ2) is 5.33. The van der Waals surface area contributed by atoms with Crippen LogP contribution in [0.2, 0.25) is 0 Å². The normalized spacial score (nSPS) is 19.9. The summed E-state index contributed by atoms with van der Waals surface area (Å²) in [6.07, 6.45) is 6.63. The fraction of sp³-hybridized carbons (Fsp3) is 0.571. The minimum atomic E-state index is -0.779. The largest absolute Gasteiger partial charge is 0.493 e. The lowest BCUT2D eigenvalue weighted by Gasteiger charge is -2.21. The molecule has 4 heteroatoms. The van der Waals surface area contributed by atoms with Crippen molar-refractivity contribution in [2.45, 2.75) is 38.7 Å². The van der Waals surface area contributed by atoms with E-state index < -0.39 is 7.12 Å². The molecular weight excluding hydrogens is 227 g/mol. The van der Waals surface area contributed by atoms with Crippen molar-refractivity contribution in [1.29, 1.82) is 0 Å². The van der Waals surface area contributed by atoms with E-state index in [1.807, 2.05) is 18.2 Å². The first-order valence-electron chi connectivity index (χ1n) is 6.88.